The van der Waals surface area contributed by atoms with E-state index in [1.165, 1.54) is 10.6 Å². The first-order chi connectivity index (χ1) is 10.1. The molecule has 0 aliphatic rings. The summed E-state index contributed by atoms with van der Waals surface area (Å²) in [4.78, 5) is 15.4. The molecule has 1 N–H and O–H groups in total. The summed E-state index contributed by atoms with van der Waals surface area (Å²) in [5, 5.41) is 0.494. The molecule has 1 heterocycles. The highest BCUT2D eigenvalue weighted by molar-refractivity contribution is 7.71. The van der Waals surface area contributed by atoms with Crippen molar-refractivity contribution in [3.8, 4) is 0 Å². The zero-order chi connectivity index (χ0) is 15.0. The molecule has 0 amide bonds. The molecular formula is C15H10F2N2OS. The van der Waals surface area contributed by atoms with Crippen LogP contribution >= 0.6 is 12.2 Å². The van der Waals surface area contributed by atoms with Crippen LogP contribution in [0.4, 0.5) is 8.78 Å². The molecule has 0 saturated carbocycles. The number of benzene rings is 2. The van der Waals surface area contributed by atoms with Crippen molar-refractivity contribution in [1.29, 1.82) is 0 Å². The molecule has 3 aromatic rings. The van der Waals surface area contributed by atoms with E-state index in [-0.39, 0.29) is 16.9 Å². The van der Waals surface area contributed by atoms with Crippen molar-refractivity contribution in [1.82, 2.24) is 9.55 Å². The molecule has 106 valence electrons. The Bertz CT molecular complexity index is 946. The molecule has 0 bridgehead atoms. The van der Waals surface area contributed by atoms with Crippen LogP contribution in [0.3, 0.4) is 0 Å². The molecule has 6 heteroatoms. The topological polar surface area (TPSA) is 37.8 Å². The van der Waals surface area contributed by atoms with Gasteiger partial charge in [-0.05, 0) is 42.0 Å². The lowest BCUT2D eigenvalue weighted by Gasteiger charge is -2.08. The first-order valence-electron chi connectivity index (χ1n) is 6.22. The molecule has 0 unspecified atom stereocenters. The summed E-state index contributed by atoms with van der Waals surface area (Å²) in [6, 6.07) is 10.5. The predicted molar refractivity (Wildman–Crippen MR) is 78.9 cm³/mol. The van der Waals surface area contributed by atoms with E-state index in [2.05, 4.69) is 4.98 Å². The summed E-state index contributed by atoms with van der Waals surface area (Å²) in [7, 11) is 0. The third-order valence-corrected chi connectivity index (χ3v) is 3.54. The number of nitrogens with zero attached hydrogens (tertiary/aromatic N) is 1. The van der Waals surface area contributed by atoms with Gasteiger partial charge in [-0.2, -0.15) is 0 Å². The number of fused-ring (bicyclic) bond motifs is 1. The number of hydrogen-bond donors (Lipinski definition) is 1. The maximum atomic E-state index is 13.2. The van der Waals surface area contributed by atoms with Crippen molar-refractivity contribution in [3.05, 3.63) is 74.8 Å². The smallest absolute Gasteiger partial charge is 0.262 e. The van der Waals surface area contributed by atoms with E-state index >= 15 is 0 Å². The fourth-order valence-corrected chi connectivity index (χ4v) is 2.42. The number of nitrogens with one attached hydrogen (secondary N) is 1. The van der Waals surface area contributed by atoms with Gasteiger partial charge in [0, 0.05) is 0 Å². The molecular weight excluding hydrogens is 294 g/mol. The normalized spacial score (nSPS) is 11.0. The van der Waals surface area contributed by atoms with Gasteiger partial charge >= 0.3 is 0 Å². The highest BCUT2D eigenvalue weighted by Gasteiger charge is 2.08. The van der Waals surface area contributed by atoms with Crippen LogP contribution in [0.25, 0.3) is 10.9 Å². The lowest BCUT2D eigenvalue weighted by molar-refractivity contribution is 0.506. The first kappa shape index (κ1) is 13.6. The van der Waals surface area contributed by atoms with Crippen LogP contribution in [0.1, 0.15) is 5.56 Å². The largest absolute Gasteiger partial charge is 0.332 e. The average molecular weight is 304 g/mol. The van der Waals surface area contributed by atoms with Gasteiger partial charge < -0.3 is 4.98 Å². The zero-order valence-electron chi connectivity index (χ0n) is 10.8. The third kappa shape index (κ3) is 2.50. The van der Waals surface area contributed by atoms with Crippen molar-refractivity contribution in [2.24, 2.45) is 0 Å². The molecule has 1 aromatic heterocycles. The van der Waals surface area contributed by atoms with E-state index in [9.17, 15) is 13.6 Å². The van der Waals surface area contributed by atoms with Gasteiger partial charge in [-0.15, -0.1) is 0 Å². The Morgan fingerprint density at radius 2 is 1.86 bits per heavy atom. The summed E-state index contributed by atoms with van der Waals surface area (Å²) in [5.41, 5.74) is 0.846. The minimum Gasteiger partial charge on any atom is -0.332 e. The van der Waals surface area contributed by atoms with Gasteiger partial charge in [0.25, 0.3) is 5.56 Å². The molecule has 0 aliphatic heterocycles. The summed E-state index contributed by atoms with van der Waals surface area (Å²) >= 11 is 5.16. The second kappa shape index (κ2) is 5.21. The van der Waals surface area contributed by atoms with Gasteiger partial charge in [0.15, 0.2) is 16.4 Å². The minimum atomic E-state index is -0.948. The highest BCUT2D eigenvalue weighted by Crippen LogP contribution is 2.11. The second-order valence-electron chi connectivity index (χ2n) is 4.62. The Hall–Kier alpha value is -2.34. The fourth-order valence-electron chi connectivity index (χ4n) is 2.16. The van der Waals surface area contributed by atoms with Crippen molar-refractivity contribution >= 4 is 23.1 Å². The van der Waals surface area contributed by atoms with E-state index in [1.807, 2.05) is 0 Å². The van der Waals surface area contributed by atoms with Gasteiger partial charge in [0.2, 0.25) is 0 Å². The molecule has 0 spiro atoms. The number of aromatic amines is 1. The molecule has 0 radical (unpaired) electrons. The van der Waals surface area contributed by atoms with Crippen LogP contribution in [0.2, 0.25) is 0 Å². The SMILES string of the molecule is O=c1c2ccccc2[nH]c(=S)n1Cc1ccc(F)c(F)c1. The number of halogens is 2. The fraction of sp³-hybridized carbons (Fsp3) is 0.0667. The van der Waals surface area contributed by atoms with Crippen LogP contribution in [0, 0.1) is 16.4 Å². The molecule has 0 aliphatic carbocycles. The molecule has 2 aromatic carbocycles. The van der Waals surface area contributed by atoms with Gasteiger partial charge in [-0.1, -0.05) is 18.2 Å². The summed E-state index contributed by atoms with van der Waals surface area (Å²) < 4.78 is 27.7. The maximum absolute atomic E-state index is 13.2. The predicted octanol–water partition coefficient (Wildman–Crippen LogP) is 3.39. The van der Waals surface area contributed by atoms with E-state index in [4.69, 9.17) is 12.2 Å². The lowest BCUT2D eigenvalue weighted by atomic mass is 10.2. The summed E-state index contributed by atoms with van der Waals surface area (Å²) in [6.45, 7) is 0.0796. The van der Waals surface area contributed by atoms with Gasteiger partial charge in [-0.25, -0.2) is 8.78 Å². The van der Waals surface area contributed by atoms with E-state index in [0.29, 0.717) is 16.5 Å². The van der Waals surface area contributed by atoms with Gasteiger partial charge in [0.05, 0.1) is 17.4 Å². The van der Waals surface area contributed by atoms with Gasteiger partial charge in [-0.3, -0.25) is 9.36 Å². The Balaban J connectivity index is 2.14. The van der Waals surface area contributed by atoms with Crippen LogP contribution < -0.4 is 5.56 Å². The van der Waals surface area contributed by atoms with Crippen LogP contribution in [0.15, 0.2) is 47.3 Å². The Morgan fingerprint density at radius 3 is 2.62 bits per heavy atom. The molecule has 3 nitrogen and oxygen atoms in total. The summed E-state index contributed by atoms with van der Waals surface area (Å²) in [6.07, 6.45) is 0. The highest BCUT2D eigenvalue weighted by atomic mass is 32.1. The van der Waals surface area contributed by atoms with Crippen molar-refractivity contribution in [2.75, 3.05) is 0 Å². The quantitative estimate of drug-likeness (QED) is 0.737. The number of H-pyrrole nitrogens is 1. The van der Waals surface area contributed by atoms with Crippen LogP contribution in [-0.2, 0) is 6.54 Å². The summed E-state index contributed by atoms with van der Waals surface area (Å²) in [5.74, 6) is -1.87. The maximum Gasteiger partial charge on any atom is 0.262 e. The number of para-hydroxylation sites is 1. The molecule has 0 fully saturated rings. The monoisotopic (exact) mass is 304 g/mol. The Morgan fingerprint density at radius 1 is 1.10 bits per heavy atom. The van der Waals surface area contributed by atoms with Gasteiger partial charge in [0.1, 0.15) is 0 Å². The second-order valence-corrected chi connectivity index (χ2v) is 5.00. The van der Waals surface area contributed by atoms with Crippen molar-refractivity contribution in [3.63, 3.8) is 0 Å². The molecule has 21 heavy (non-hydrogen) atoms. The van der Waals surface area contributed by atoms with E-state index in [0.717, 1.165) is 12.1 Å². The zero-order valence-corrected chi connectivity index (χ0v) is 11.6. The number of hydrogen-bond acceptors (Lipinski definition) is 2. The van der Waals surface area contributed by atoms with E-state index in [1.54, 1.807) is 24.3 Å². The van der Waals surface area contributed by atoms with Crippen LogP contribution in [-0.4, -0.2) is 9.55 Å². The number of rotatable bonds is 2. The molecule has 0 atom stereocenters. The molecule has 3 rings (SSSR count). The van der Waals surface area contributed by atoms with Crippen molar-refractivity contribution in [2.45, 2.75) is 6.54 Å². The Labute approximate surface area is 123 Å². The Kier molecular flexibility index (Phi) is 3.39. The lowest BCUT2D eigenvalue weighted by Crippen LogP contribution is -2.22. The first-order valence-corrected chi connectivity index (χ1v) is 6.63. The van der Waals surface area contributed by atoms with E-state index < -0.39 is 11.6 Å². The minimum absolute atomic E-state index is 0.0796. The number of aromatic nitrogens is 2. The third-order valence-electron chi connectivity index (χ3n) is 3.21. The average Bonchev–Trinajstić information content (AvgIpc) is 2.47. The van der Waals surface area contributed by atoms with Crippen molar-refractivity contribution < 1.29 is 8.78 Å². The molecule has 0 saturated heterocycles. The standard InChI is InChI=1S/C15H10F2N2OS/c16-11-6-5-9(7-12(11)17)8-19-14(20)10-3-1-2-4-13(10)18-15(19)21/h1-7H,8H2,(H,18,21). The van der Waals surface area contributed by atoms with Crippen LogP contribution in [0.5, 0.6) is 0 Å².